The van der Waals surface area contributed by atoms with Gasteiger partial charge in [0, 0.05) is 36.1 Å². The summed E-state index contributed by atoms with van der Waals surface area (Å²) in [5, 5.41) is 14.6. The first-order valence-electron chi connectivity index (χ1n) is 8.51. The molecular weight excluding hydrogens is 356 g/mol. The van der Waals surface area contributed by atoms with E-state index in [0.29, 0.717) is 5.56 Å². The first-order valence-corrected chi connectivity index (χ1v) is 8.51. The van der Waals surface area contributed by atoms with Gasteiger partial charge in [0.2, 0.25) is 0 Å². The van der Waals surface area contributed by atoms with Crippen molar-refractivity contribution in [3.8, 4) is 0 Å². The van der Waals surface area contributed by atoms with E-state index in [0.717, 1.165) is 16.9 Å². The van der Waals surface area contributed by atoms with Crippen LogP contribution in [0, 0.1) is 10.1 Å². The van der Waals surface area contributed by atoms with Gasteiger partial charge in [0.15, 0.2) is 0 Å². The van der Waals surface area contributed by atoms with E-state index < -0.39 is 10.8 Å². The average Bonchev–Trinajstić information content (AvgIpc) is 2.74. The number of hydrogen-bond acceptors (Lipinski definition) is 5. The summed E-state index contributed by atoms with van der Waals surface area (Å²) in [6.07, 6.45) is 1.54. The summed E-state index contributed by atoms with van der Waals surface area (Å²) in [7, 11) is 1.99. The van der Waals surface area contributed by atoms with Crippen LogP contribution in [0.4, 0.5) is 17.1 Å². The number of nitro benzene ring substituents is 1. The number of hydrazone groups is 1. The van der Waals surface area contributed by atoms with Crippen LogP contribution >= 0.6 is 0 Å². The van der Waals surface area contributed by atoms with Gasteiger partial charge in [-0.2, -0.15) is 5.10 Å². The van der Waals surface area contributed by atoms with Crippen LogP contribution in [0.5, 0.6) is 0 Å². The van der Waals surface area contributed by atoms with Gasteiger partial charge < -0.3 is 4.90 Å². The number of hydrogen-bond donors (Lipinski definition) is 1. The maximum absolute atomic E-state index is 12.0. The van der Waals surface area contributed by atoms with Crippen molar-refractivity contribution < 1.29 is 9.72 Å². The molecule has 0 aliphatic carbocycles. The largest absolute Gasteiger partial charge is 0.345 e. The number of benzene rings is 3. The smallest absolute Gasteiger partial charge is 0.271 e. The second-order valence-corrected chi connectivity index (χ2v) is 5.99. The summed E-state index contributed by atoms with van der Waals surface area (Å²) in [5.74, 6) is -0.438. The SMILES string of the molecule is CN(c1ccccc1)c1ccc(C=NNC(=O)c2ccc([N+](=O)[O-])cc2)cc1. The van der Waals surface area contributed by atoms with E-state index >= 15 is 0 Å². The van der Waals surface area contributed by atoms with Crippen molar-refractivity contribution in [2.45, 2.75) is 0 Å². The molecule has 0 fully saturated rings. The number of anilines is 2. The Balaban J connectivity index is 1.60. The van der Waals surface area contributed by atoms with Crippen LogP contribution in [0.3, 0.4) is 0 Å². The molecule has 0 heterocycles. The fourth-order valence-corrected chi connectivity index (χ4v) is 2.55. The Morgan fingerprint density at radius 2 is 1.57 bits per heavy atom. The molecule has 140 valence electrons. The summed E-state index contributed by atoms with van der Waals surface area (Å²) in [5.41, 5.74) is 5.57. The minimum Gasteiger partial charge on any atom is -0.345 e. The lowest BCUT2D eigenvalue weighted by Gasteiger charge is -2.19. The fraction of sp³-hybridized carbons (Fsp3) is 0.0476. The zero-order valence-corrected chi connectivity index (χ0v) is 15.1. The molecule has 0 aliphatic heterocycles. The zero-order valence-electron chi connectivity index (χ0n) is 15.1. The highest BCUT2D eigenvalue weighted by atomic mass is 16.6. The number of nitro groups is 1. The lowest BCUT2D eigenvalue weighted by atomic mass is 10.2. The van der Waals surface area contributed by atoms with Crippen molar-refractivity contribution in [2.24, 2.45) is 5.10 Å². The van der Waals surface area contributed by atoms with E-state index in [9.17, 15) is 14.9 Å². The van der Waals surface area contributed by atoms with Crippen molar-refractivity contribution in [3.05, 3.63) is 100 Å². The highest BCUT2D eigenvalue weighted by molar-refractivity contribution is 5.95. The van der Waals surface area contributed by atoms with E-state index in [1.54, 1.807) is 0 Å². The number of para-hydroxylation sites is 1. The summed E-state index contributed by atoms with van der Waals surface area (Å²) in [4.78, 5) is 24.2. The Labute approximate surface area is 162 Å². The summed E-state index contributed by atoms with van der Waals surface area (Å²) in [6.45, 7) is 0. The molecule has 0 unspecified atom stereocenters. The lowest BCUT2D eigenvalue weighted by Crippen LogP contribution is -2.17. The van der Waals surface area contributed by atoms with Crippen LogP contribution in [-0.4, -0.2) is 24.1 Å². The Bertz CT molecular complexity index is 984. The van der Waals surface area contributed by atoms with Crippen molar-refractivity contribution in [3.63, 3.8) is 0 Å². The zero-order chi connectivity index (χ0) is 19.9. The lowest BCUT2D eigenvalue weighted by molar-refractivity contribution is -0.384. The highest BCUT2D eigenvalue weighted by Crippen LogP contribution is 2.22. The molecule has 0 saturated carbocycles. The predicted molar refractivity (Wildman–Crippen MR) is 109 cm³/mol. The van der Waals surface area contributed by atoms with Crippen LogP contribution in [0.15, 0.2) is 84.0 Å². The maximum Gasteiger partial charge on any atom is 0.271 e. The molecule has 7 nitrogen and oxygen atoms in total. The third-order valence-electron chi connectivity index (χ3n) is 4.14. The number of nitrogens with one attached hydrogen (secondary N) is 1. The molecule has 0 bridgehead atoms. The second kappa shape index (κ2) is 8.59. The van der Waals surface area contributed by atoms with Crippen LogP contribution in [0.2, 0.25) is 0 Å². The molecule has 7 heteroatoms. The Kier molecular flexibility index (Phi) is 5.76. The minimum absolute atomic E-state index is 0.0689. The summed E-state index contributed by atoms with van der Waals surface area (Å²) < 4.78 is 0. The van der Waals surface area contributed by atoms with E-state index in [1.165, 1.54) is 30.5 Å². The topological polar surface area (TPSA) is 87.8 Å². The van der Waals surface area contributed by atoms with Crippen molar-refractivity contribution in [2.75, 3.05) is 11.9 Å². The van der Waals surface area contributed by atoms with Gasteiger partial charge in [-0.05, 0) is 42.0 Å². The van der Waals surface area contributed by atoms with Crippen molar-refractivity contribution >= 4 is 29.2 Å². The third kappa shape index (κ3) is 4.59. The molecule has 0 radical (unpaired) electrons. The van der Waals surface area contributed by atoms with Crippen LogP contribution in [0.1, 0.15) is 15.9 Å². The standard InChI is InChI=1S/C21H18N4O3/c1-24(18-5-3-2-4-6-18)19-11-7-16(8-12-19)15-22-23-21(26)17-9-13-20(14-10-17)25(27)28/h2-15H,1H3,(H,23,26). The first-order chi connectivity index (χ1) is 13.5. The average molecular weight is 374 g/mol. The molecule has 0 atom stereocenters. The molecule has 0 aliphatic rings. The van der Waals surface area contributed by atoms with Gasteiger partial charge in [0.25, 0.3) is 11.6 Å². The monoisotopic (exact) mass is 374 g/mol. The molecular formula is C21H18N4O3. The summed E-state index contributed by atoms with van der Waals surface area (Å²) in [6, 6.07) is 23.1. The Morgan fingerprint density at radius 3 is 2.18 bits per heavy atom. The van der Waals surface area contributed by atoms with Gasteiger partial charge >= 0.3 is 0 Å². The van der Waals surface area contributed by atoms with Gasteiger partial charge in [-0.3, -0.25) is 14.9 Å². The van der Waals surface area contributed by atoms with Gasteiger partial charge in [-0.25, -0.2) is 5.43 Å². The number of non-ortho nitro benzene ring substituents is 1. The van der Waals surface area contributed by atoms with Gasteiger partial charge in [-0.1, -0.05) is 30.3 Å². The molecule has 0 saturated heterocycles. The highest BCUT2D eigenvalue weighted by Gasteiger charge is 2.08. The summed E-state index contributed by atoms with van der Waals surface area (Å²) >= 11 is 0. The fourth-order valence-electron chi connectivity index (χ4n) is 2.55. The number of rotatable bonds is 6. The third-order valence-corrected chi connectivity index (χ3v) is 4.14. The molecule has 1 N–H and O–H groups in total. The molecule has 3 aromatic rings. The minimum atomic E-state index is -0.515. The van der Waals surface area contributed by atoms with Crippen LogP contribution in [0.25, 0.3) is 0 Å². The van der Waals surface area contributed by atoms with E-state index in [4.69, 9.17) is 0 Å². The van der Waals surface area contributed by atoms with Gasteiger partial charge in [-0.15, -0.1) is 0 Å². The van der Waals surface area contributed by atoms with Crippen molar-refractivity contribution in [1.82, 2.24) is 5.43 Å². The molecule has 1 amide bonds. The van der Waals surface area contributed by atoms with E-state index in [1.807, 2.05) is 61.6 Å². The van der Waals surface area contributed by atoms with Crippen molar-refractivity contribution in [1.29, 1.82) is 0 Å². The molecule has 0 aromatic heterocycles. The van der Waals surface area contributed by atoms with E-state index in [-0.39, 0.29) is 5.69 Å². The first kappa shape index (κ1) is 18.8. The molecule has 0 spiro atoms. The maximum atomic E-state index is 12.0. The van der Waals surface area contributed by atoms with Crippen LogP contribution < -0.4 is 10.3 Å². The molecule has 3 rings (SSSR count). The molecule has 3 aromatic carbocycles. The number of amides is 1. The van der Waals surface area contributed by atoms with Gasteiger partial charge in [0.05, 0.1) is 11.1 Å². The number of carbonyl (C=O) groups excluding carboxylic acids is 1. The second-order valence-electron chi connectivity index (χ2n) is 5.99. The van der Waals surface area contributed by atoms with Crippen LogP contribution in [-0.2, 0) is 0 Å². The van der Waals surface area contributed by atoms with E-state index in [2.05, 4.69) is 15.4 Å². The number of carbonyl (C=O) groups is 1. The predicted octanol–water partition coefficient (Wildman–Crippen LogP) is 4.13. The quantitative estimate of drug-likeness (QED) is 0.399. The van der Waals surface area contributed by atoms with Gasteiger partial charge in [0.1, 0.15) is 0 Å². The molecule has 28 heavy (non-hydrogen) atoms. The Morgan fingerprint density at radius 1 is 0.964 bits per heavy atom. The Hall–Kier alpha value is -4.00. The normalized spacial score (nSPS) is 10.6. The number of nitrogens with zero attached hydrogens (tertiary/aromatic N) is 3.